The Hall–Kier alpha value is -0.770. The molecule has 0 spiro atoms. The van der Waals surface area contributed by atoms with E-state index in [0.717, 1.165) is 0 Å². The molecule has 0 aliphatic rings. The Bertz CT molecular complexity index is 225. The number of hydrogen-bond donors (Lipinski definition) is 3. The van der Waals surface area contributed by atoms with E-state index >= 15 is 0 Å². The number of amidine groups is 1. The standard InChI is InChI=1S/C8H15N3O2S/c1-3-8(4-12,5-13)11-7(14-2)10-6-9/h12-13H,3-5H2,1-2H3,(H,10,11). The lowest BCUT2D eigenvalue weighted by Gasteiger charge is -2.24. The number of aliphatic hydroxyl groups excluding tert-OH is 2. The van der Waals surface area contributed by atoms with Crippen molar-refractivity contribution in [3.63, 3.8) is 0 Å². The van der Waals surface area contributed by atoms with Gasteiger partial charge in [0.1, 0.15) is 5.54 Å². The van der Waals surface area contributed by atoms with Crippen LogP contribution in [0.15, 0.2) is 4.99 Å². The maximum absolute atomic E-state index is 9.10. The van der Waals surface area contributed by atoms with Crippen molar-refractivity contribution in [3.8, 4) is 6.19 Å². The lowest BCUT2D eigenvalue weighted by Crippen LogP contribution is -2.37. The lowest BCUT2D eigenvalue weighted by atomic mass is 10.00. The van der Waals surface area contributed by atoms with Crippen LogP contribution < -0.4 is 5.32 Å². The molecule has 0 fully saturated rings. The first-order valence-corrected chi connectivity index (χ1v) is 5.41. The molecule has 14 heavy (non-hydrogen) atoms. The fraction of sp³-hybridized carbons (Fsp3) is 0.750. The summed E-state index contributed by atoms with van der Waals surface area (Å²) in [5.74, 6) is 0. The molecule has 0 aromatic heterocycles. The minimum atomic E-state index is -0.887. The molecule has 0 saturated carbocycles. The van der Waals surface area contributed by atoms with E-state index < -0.39 is 5.54 Å². The Labute approximate surface area is 87.8 Å². The SMILES string of the molecule is CCC(CO)(CO)N=C(NC#N)SC. The first-order valence-electron chi connectivity index (χ1n) is 4.18. The second kappa shape index (κ2) is 6.65. The van der Waals surface area contributed by atoms with Gasteiger partial charge in [-0.15, -0.1) is 0 Å². The summed E-state index contributed by atoms with van der Waals surface area (Å²) in [6, 6.07) is 0. The van der Waals surface area contributed by atoms with E-state index in [2.05, 4.69) is 10.3 Å². The molecule has 6 heteroatoms. The van der Waals surface area contributed by atoms with E-state index in [0.29, 0.717) is 11.6 Å². The van der Waals surface area contributed by atoms with E-state index in [1.54, 1.807) is 12.4 Å². The highest BCUT2D eigenvalue weighted by Crippen LogP contribution is 2.16. The van der Waals surface area contributed by atoms with Crippen LogP contribution in [0.25, 0.3) is 0 Å². The zero-order valence-electron chi connectivity index (χ0n) is 8.32. The summed E-state index contributed by atoms with van der Waals surface area (Å²) in [5, 5.41) is 29.4. The topological polar surface area (TPSA) is 88.6 Å². The lowest BCUT2D eigenvalue weighted by molar-refractivity contribution is 0.120. The minimum Gasteiger partial charge on any atom is -0.394 e. The van der Waals surface area contributed by atoms with Crippen LogP contribution in [0.3, 0.4) is 0 Å². The van der Waals surface area contributed by atoms with Gasteiger partial charge < -0.3 is 10.2 Å². The van der Waals surface area contributed by atoms with Crippen LogP contribution in [-0.2, 0) is 0 Å². The first-order chi connectivity index (χ1) is 6.67. The zero-order valence-corrected chi connectivity index (χ0v) is 9.13. The predicted molar refractivity (Wildman–Crippen MR) is 56.9 cm³/mol. The highest BCUT2D eigenvalue weighted by Gasteiger charge is 2.26. The van der Waals surface area contributed by atoms with Gasteiger partial charge in [0.2, 0.25) is 0 Å². The first kappa shape index (κ1) is 13.2. The molecule has 0 radical (unpaired) electrons. The third-order valence-electron chi connectivity index (χ3n) is 1.94. The van der Waals surface area contributed by atoms with E-state index in [9.17, 15) is 0 Å². The van der Waals surface area contributed by atoms with Gasteiger partial charge in [-0.3, -0.25) is 10.3 Å². The average Bonchev–Trinajstić information content (AvgIpc) is 2.25. The van der Waals surface area contributed by atoms with Crippen molar-refractivity contribution < 1.29 is 10.2 Å². The number of nitriles is 1. The summed E-state index contributed by atoms with van der Waals surface area (Å²) < 4.78 is 0. The van der Waals surface area contributed by atoms with Gasteiger partial charge in [-0.05, 0) is 12.7 Å². The molecule has 0 aliphatic heterocycles. The molecule has 0 bridgehead atoms. The fourth-order valence-corrected chi connectivity index (χ4v) is 1.24. The Balaban J connectivity index is 4.75. The molecule has 0 unspecified atom stereocenters. The number of nitrogens with zero attached hydrogens (tertiary/aromatic N) is 2. The number of hydrogen-bond acceptors (Lipinski definition) is 5. The van der Waals surface area contributed by atoms with Crippen LogP contribution >= 0.6 is 11.8 Å². The van der Waals surface area contributed by atoms with Crippen LogP contribution in [0.5, 0.6) is 0 Å². The molecule has 3 N–H and O–H groups in total. The second-order valence-electron chi connectivity index (χ2n) is 2.75. The van der Waals surface area contributed by atoms with Crippen LogP contribution in [0.1, 0.15) is 13.3 Å². The summed E-state index contributed by atoms with van der Waals surface area (Å²) in [7, 11) is 0. The van der Waals surface area contributed by atoms with Gasteiger partial charge in [0.15, 0.2) is 11.4 Å². The second-order valence-corrected chi connectivity index (χ2v) is 3.55. The predicted octanol–water partition coefficient (Wildman–Crippen LogP) is -0.0905. The van der Waals surface area contributed by atoms with Crippen LogP contribution in [0.4, 0.5) is 0 Å². The van der Waals surface area contributed by atoms with Gasteiger partial charge in [0.25, 0.3) is 0 Å². The van der Waals surface area contributed by atoms with Gasteiger partial charge >= 0.3 is 0 Å². The van der Waals surface area contributed by atoms with Crippen LogP contribution in [-0.4, -0.2) is 40.4 Å². The van der Waals surface area contributed by atoms with Crippen molar-refractivity contribution in [3.05, 3.63) is 0 Å². The molecule has 0 aliphatic carbocycles. The maximum atomic E-state index is 9.10. The molecule has 80 valence electrons. The monoisotopic (exact) mass is 217 g/mol. The highest BCUT2D eigenvalue weighted by molar-refractivity contribution is 8.13. The normalized spacial score (nSPS) is 12.4. The minimum absolute atomic E-state index is 0.239. The Morgan fingerprint density at radius 1 is 1.57 bits per heavy atom. The molecule has 0 atom stereocenters. The summed E-state index contributed by atoms with van der Waals surface area (Å²) >= 11 is 1.26. The zero-order chi connectivity index (χ0) is 11.0. The molecule has 0 amide bonds. The third kappa shape index (κ3) is 3.54. The molecule has 0 aromatic carbocycles. The van der Waals surface area contributed by atoms with E-state index in [4.69, 9.17) is 15.5 Å². The van der Waals surface area contributed by atoms with Gasteiger partial charge in [-0.1, -0.05) is 18.7 Å². The highest BCUT2D eigenvalue weighted by atomic mass is 32.2. The molecular formula is C8H15N3O2S. The Morgan fingerprint density at radius 2 is 2.14 bits per heavy atom. The fourth-order valence-electron chi connectivity index (χ4n) is 0.811. The van der Waals surface area contributed by atoms with E-state index in [-0.39, 0.29) is 13.2 Å². The summed E-state index contributed by atoms with van der Waals surface area (Å²) in [6.45, 7) is 1.34. The van der Waals surface area contributed by atoms with Crippen molar-refractivity contribution in [1.29, 1.82) is 5.26 Å². The van der Waals surface area contributed by atoms with Gasteiger partial charge in [-0.25, -0.2) is 0 Å². The van der Waals surface area contributed by atoms with Crippen molar-refractivity contribution in [1.82, 2.24) is 5.32 Å². The summed E-state index contributed by atoms with van der Waals surface area (Å²) in [5.41, 5.74) is -0.887. The molecule has 0 saturated heterocycles. The van der Waals surface area contributed by atoms with Gasteiger partial charge in [0, 0.05) is 0 Å². The smallest absolute Gasteiger partial charge is 0.183 e. The maximum Gasteiger partial charge on any atom is 0.183 e. The van der Waals surface area contributed by atoms with E-state index in [1.807, 2.05) is 6.92 Å². The number of aliphatic hydroxyl groups is 2. The van der Waals surface area contributed by atoms with E-state index in [1.165, 1.54) is 11.8 Å². The molecule has 5 nitrogen and oxygen atoms in total. The molecule has 0 heterocycles. The number of nitrogens with one attached hydrogen (secondary N) is 1. The molecule has 0 aromatic rings. The van der Waals surface area contributed by atoms with Gasteiger partial charge in [-0.2, -0.15) is 5.26 Å². The molecular weight excluding hydrogens is 202 g/mol. The summed E-state index contributed by atoms with van der Waals surface area (Å²) in [4.78, 5) is 4.12. The van der Waals surface area contributed by atoms with Crippen molar-refractivity contribution >= 4 is 16.9 Å². The average molecular weight is 217 g/mol. The number of rotatable bonds is 4. The van der Waals surface area contributed by atoms with Crippen LogP contribution in [0.2, 0.25) is 0 Å². The quantitative estimate of drug-likeness (QED) is 0.265. The van der Waals surface area contributed by atoms with Crippen molar-refractivity contribution in [2.24, 2.45) is 4.99 Å². The van der Waals surface area contributed by atoms with Gasteiger partial charge in [0.05, 0.1) is 13.2 Å². The Kier molecular flexibility index (Phi) is 6.28. The molecule has 0 rings (SSSR count). The van der Waals surface area contributed by atoms with Crippen LogP contribution in [0, 0.1) is 11.5 Å². The van der Waals surface area contributed by atoms with Crippen molar-refractivity contribution in [2.45, 2.75) is 18.9 Å². The summed E-state index contributed by atoms with van der Waals surface area (Å²) in [6.07, 6.45) is 4.02. The van der Waals surface area contributed by atoms with Crippen molar-refractivity contribution in [2.75, 3.05) is 19.5 Å². The largest absolute Gasteiger partial charge is 0.394 e. The Morgan fingerprint density at radius 3 is 2.43 bits per heavy atom. The third-order valence-corrected chi connectivity index (χ3v) is 2.52. The number of thioether (sulfide) groups is 1. The number of aliphatic imine (C=N–C) groups is 1.